The van der Waals surface area contributed by atoms with E-state index in [4.69, 9.17) is 52.1 Å². The average molecular weight is 863 g/mol. The molecule has 0 aliphatic carbocycles. The van der Waals surface area contributed by atoms with Gasteiger partial charge in [-0.1, -0.05) is 33.9 Å². The number of ether oxygens (including phenoxy) is 11. The molecule has 346 valence electrons. The molecule has 2 unspecified atom stereocenters. The molecule has 8 fully saturated rings. The van der Waals surface area contributed by atoms with Crippen molar-refractivity contribution in [2.45, 2.75) is 227 Å². The normalized spacial score (nSPS) is 46.3. The van der Waals surface area contributed by atoms with Crippen LogP contribution in [0.2, 0.25) is 0 Å². The van der Waals surface area contributed by atoms with Crippen LogP contribution in [0.3, 0.4) is 0 Å². The van der Waals surface area contributed by atoms with Crippen molar-refractivity contribution in [1.29, 1.82) is 0 Å². The minimum Gasteiger partial charge on any atom is -0.469 e. The number of methoxy groups -OCH3 is 2. The summed E-state index contributed by atoms with van der Waals surface area (Å²) in [7, 11) is 3.12. The Morgan fingerprint density at radius 2 is 1.64 bits per heavy atom. The molecule has 2 N–H and O–H groups in total. The van der Waals surface area contributed by atoms with E-state index in [0.717, 1.165) is 36.8 Å². The number of hydrogen-bond acceptors (Lipinski definition) is 14. The Morgan fingerprint density at radius 1 is 0.869 bits per heavy atom. The SMILES string of the molecule is C=C(C[C@H](C)CC[C@]12C[C@@H](OC)C(O1)[C@H]1CC(O2)[C@H]2O[C@@H](CC(=O)OC)CC[C@@H]2O1)[C@@H](O)CC[C@H]1C[C@@H](C)C(=C)[C@@H](C[C@@H]2O[C@H]3C[C@H]4OC(C)(C)OC[C@H]4O[C@H]3[C@H](C)[C@H]2O)O1. The molecule has 0 radical (unpaired) electrons. The topological polar surface area (TPSA) is 159 Å². The molecule has 0 spiro atoms. The first-order chi connectivity index (χ1) is 29.0. The van der Waals surface area contributed by atoms with Gasteiger partial charge in [0.25, 0.3) is 0 Å². The molecule has 61 heavy (non-hydrogen) atoms. The zero-order valence-electron chi connectivity index (χ0n) is 37.6. The van der Waals surface area contributed by atoms with E-state index in [2.05, 4.69) is 27.0 Å². The molecule has 0 saturated carbocycles. The quantitative estimate of drug-likeness (QED) is 0.167. The maximum Gasteiger partial charge on any atom is 0.308 e. The standard InChI is InChI=1S/C47H74O14/c1-24(14-15-47-22-39(51-8)45(61-47)37-21-38(60-47)44-32(56-37)13-11-30(55-44)18-41(49)52-9)16-26(3)31(48)12-10-29-17-25(2)27(4)33(54-29)19-35-42(50)28(5)43-36(57-35)20-34-40(58-43)23-53-46(6,7)59-34/h24-25,28-40,42-45,48,50H,3-4,10-23H2,1-2,5-9H3/t24-,25-,28-,29+,30-,31+,32+,33-,34-,35+,36+,37-,38?,39-,40-,42-,43+,44+,45?,47-/m1/s1. The van der Waals surface area contributed by atoms with E-state index in [9.17, 15) is 15.0 Å². The Hall–Kier alpha value is -1.53. The number of carbonyl (C=O) groups is 1. The molecule has 4 bridgehead atoms. The van der Waals surface area contributed by atoms with Crippen LogP contribution in [0, 0.1) is 17.8 Å². The second-order valence-electron chi connectivity index (χ2n) is 20.3. The van der Waals surface area contributed by atoms with Crippen molar-refractivity contribution >= 4 is 5.97 Å². The third-order valence-electron chi connectivity index (χ3n) is 15.3. The molecule has 8 aliphatic rings. The van der Waals surface area contributed by atoms with Gasteiger partial charge in [-0.15, -0.1) is 0 Å². The Bertz CT molecular complexity index is 1560. The van der Waals surface area contributed by atoms with Crippen molar-refractivity contribution in [3.8, 4) is 0 Å². The number of hydrogen-bond donors (Lipinski definition) is 2. The largest absolute Gasteiger partial charge is 0.469 e. The summed E-state index contributed by atoms with van der Waals surface area (Å²) in [6, 6.07) is 0. The maximum atomic E-state index is 12.0. The highest BCUT2D eigenvalue weighted by molar-refractivity contribution is 5.69. The average Bonchev–Trinajstić information content (AvgIpc) is 3.54. The summed E-state index contributed by atoms with van der Waals surface area (Å²) in [6.07, 6.45) is 4.10. The minimum atomic E-state index is -0.840. The van der Waals surface area contributed by atoms with E-state index >= 15 is 0 Å². The van der Waals surface area contributed by atoms with Gasteiger partial charge in [-0.2, -0.15) is 0 Å². The van der Waals surface area contributed by atoms with E-state index in [1.165, 1.54) is 7.11 Å². The fraction of sp³-hybridized carbons (Fsp3) is 0.894. The zero-order chi connectivity index (χ0) is 43.4. The third-order valence-corrected chi connectivity index (χ3v) is 15.3. The van der Waals surface area contributed by atoms with Crippen LogP contribution in [-0.2, 0) is 56.9 Å². The fourth-order valence-electron chi connectivity index (χ4n) is 11.7. The highest BCUT2D eigenvalue weighted by atomic mass is 16.7. The molecule has 0 aromatic carbocycles. The summed E-state index contributed by atoms with van der Waals surface area (Å²) >= 11 is 0. The van der Waals surface area contributed by atoms with Crippen molar-refractivity contribution in [2.24, 2.45) is 17.8 Å². The monoisotopic (exact) mass is 863 g/mol. The number of aliphatic hydroxyl groups is 2. The predicted molar refractivity (Wildman–Crippen MR) is 221 cm³/mol. The summed E-state index contributed by atoms with van der Waals surface area (Å²) in [5.41, 5.74) is 1.83. The van der Waals surface area contributed by atoms with Crippen LogP contribution >= 0.6 is 0 Å². The summed E-state index contributed by atoms with van der Waals surface area (Å²) in [5, 5.41) is 22.9. The Kier molecular flexibility index (Phi) is 14.1. The van der Waals surface area contributed by atoms with Gasteiger partial charge in [-0.25, -0.2) is 0 Å². The molecule has 8 heterocycles. The summed E-state index contributed by atoms with van der Waals surface area (Å²) in [5.74, 6) is -1.46. The second kappa shape index (κ2) is 18.8. The summed E-state index contributed by atoms with van der Waals surface area (Å²) in [4.78, 5) is 12.0. The van der Waals surface area contributed by atoms with Gasteiger partial charge in [0.1, 0.15) is 18.3 Å². The molecular weight excluding hydrogens is 789 g/mol. The van der Waals surface area contributed by atoms with Crippen molar-refractivity contribution in [3.63, 3.8) is 0 Å². The molecule has 0 aromatic rings. The first kappa shape index (κ1) is 46.0. The maximum absolute atomic E-state index is 12.0. The zero-order valence-corrected chi connectivity index (χ0v) is 37.6. The Labute approximate surface area is 362 Å². The molecule has 8 saturated heterocycles. The van der Waals surface area contributed by atoms with Crippen molar-refractivity contribution < 1.29 is 67.1 Å². The lowest BCUT2D eigenvalue weighted by molar-refractivity contribution is -0.355. The number of esters is 1. The van der Waals surface area contributed by atoms with E-state index in [1.54, 1.807) is 7.11 Å². The molecule has 0 aromatic heterocycles. The molecule has 14 heteroatoms. The minimum absolute atomic E-state index is 0.0625. The highest BCUT2D eigenvalue weighted by Crippen LogP contribution is 2.49. The predicted octanol–water partition coefficient (Wildman–Crippen LogP) is 5.47. The molecular formula is C47H74O14. The third kappa shape index (κ3) is 10.0. The molecule has 8 aliphatic heterocycles. The number of aliphatic hydroxyl groups excluding tert-OH is 2. The van der Waals surface area contributed by atoms with Crippen molar-refractivity contribution in [2.75, 3.05) is 20.8 Å². The van der Waals surface area contributed by atoms with Crippen LogP contribution in [0.25, 0.3) is 0 Å². The van der Waals surface area contributed by atoms with Gasteiger partial charge in [0.05, 0.1) is 99.5 Å². The van der Waals surface area contributed by atoms with E-state index in [-0.39, 0.29) is 109 Å². The van der Waals surface area contributed by atoms with Gasteiger partial charge in [-0.05, 0) is 81.8 Å². The molecule has 8 rings (SSSR count). The molecule has 14 nitrogen and oxygen atoms in total. The lowest BCUT2D eigenvalue weighted by atomic mass is 9.79. The van der Waals surface area contributed by atoms with Crippen LogP contribution in [0.5, 0.6) is 0 Å². The van der Waals surface area contributed by atoms with Crippen LogP contribution in [0.1, 0.15) is 118 Å². The highest BCUT2D eigenvalue weighted by Gasteiger charge is 2.60. The number of rotatable bonds is 14. The van der Waals surface area contributed by atoms with Crippen molar-refractivity contribution in [3.05, 3.63) is 24.3 Å². The van der Waals surface area contributed by atoms with E-state index in [0.29, 0.717) is 58.0 Å². The fourth-order valence-corrected chi connectivity index (χ4v) is 11.7. The van der Waals surface area contributed by atoms with Crippen LogP contribution in [0.4, 0.5) is 0 Å². The summed E-state index contributed by atoms with van der Waals surface area (Å²) < 4.78 is 69.4. The number of carbonyl (C=O) groups excluding carboxylic acids is 1. The smallest absolute Gasteiger partial charge is 0.308 e. The van der Waals surface area contributed by atoms with Gasteiger partial charge in [0.2, 0.25) is 0 Å². The lowest BCUT2D eigenvalue weighted by Crippen LogP contribution is -2.63. The number of fused-ring (bicyclic) bond motifs is 9. The van der Waals surface area contributed by atoms with Gasteiger partial charge >= 0.3 is 5.97 Å². The Balaban J connectivity index is 0.813. The van der Waals surface area contributed by atoms with Gasteiger partial charge < -0.3 is 62.3 Å². The van der Waals surface area contributed by atoms with Crippen LogP contribution in [-0.4, -0.2) is 146 Å². The van der Waals surface area contributed by atoms with Crippen LogP contribution < -0.4 is 0 Å². The van der Waals surface area contributed by atoms with E-state index in [1.807, 2.05) is 20.8 Å². The van der Waals surface area contributed by atoms with Gasteiger partial charge in [-0.3, -0.25) is 4.79 Å². The van der Waals surface area contributed by atoms with Crippen molar-refractivity contribution in [1.82, 2.24) is 0 Å². The summed E-state index contributed by atoms with van der Waals surface area (Å²) in [6.45, 7) is 19.5. The lowest BCUT2D eigenvalue weighted by Gasteiger charge is -2.53. The second-order valence-corrected chi connectivity index (χ2v) is 20.3. The van der Waals surface area contributed by atoms with Gasteiger partial charge in [0, 0.05) is 45.1 Å². The molecule has 20 atom stereocenters. The van der Waals surface area contributed by atoms with Crippen LogP contribution in [0.15, 0.2) is 24.3 Å². The Morgan fingerprint density at radius 3 is 2.41 bits per heavy atom. The van der Waals surface area contributed by atoms with Gasteiger partial charge in [0.15, 0.2) is 11.6 Å². The first-order valence-electron chi connectivity index (χ1n) is 23.3. The van der Waals surface area contributed by atoms with E-state index < -0.39 is 29.9 Å². The first-order valence-corrected chi connectivity index (χ1v) is 23.3. The molecule has 0 amide bonds.